The molecule has 0 fully saturated rings. The number of ether oxygens (including phenoxy) is 1. The van der Waals surface area contributed by atoms with Crippen LogP contribution in [0.3, 0.4) is 0 Å². The summed E-state index contributed by atoms with van der Waals surface area (Å²) in [4.78, 5) is 11.6. The van der Waals surface area contributed by atoms with Gasteiger partial charge in [-0.1, -0.05) is 13.0 Å². The van der Waals surface area contributed by atoms with Gasteiger partial charge >= 0.3 is 0 Å². The second-order valence-electron chi connectivity index (χ2n) is 4.80. The Labute approximate surface area is 120 Å². The maximum Gasteiger partial charge on any atom is 0.221 e. The Bertz CT molecular complexity index is 435. The van der Waals surface area contributed by atoms with Gasteiger partial charge in [0.25, 0.3) is 0 Å². The van der Waals surface area contributed by atoms with Gasteiger partial charge in [0.15, 0.2) is 0 Å². The highest BCUT2D eigenvalue weighted by Crippen LogP contribution is 2.22. The lowest BCUT2D eigenvalue weighted by molar-refractivity contribution is -0.121. The lowest BCUT2D eigenvalue weighted by atomic mass is 10.2. The summed E-state index contributed by atoms with van der Waals surface area (Å²) in [5.41, 5.74) is 0.785. The van der Waals surface area contributed by atoms with Crippen molar-refractivity contribution in [1.82, 2.24) is 10.6 Å². The Morgan fingerprint density at radius 2 is 2.20 bits per heavy atom. The first kappa shape index (κ1) is 16.3. The number of hydrogen-bond acceptors (Lipinski definition) is 4. The molecule has 0 heterocycles. The molecule has 0 aromatic heterocycles. The Balaban J connectivity index is 2.29. The monoisotopic (exact) mass is 280 g/mol. The molecule has 5 heteroatoms. The van der Waals surface area contributed by atoms with E-state index in [9.17, 15) is 9.90 Å². The Morgan fingerprint density at radius 1 is 1.45 bits per heavy atom. The van der Waals surface area contributed by atoms with Crippen LogP contribution in [-0.2, 0) is 11.3 Å². The van der Waals surface area contributed by atoms with Crippen LogP contribution >= 0.6 is 0 Å². The number of amides is 1. The van der Waals surface area contributed by atoms with Gasteiger partial charge in [-0.25, -0.2) is 0 Å². The molecule has 0 radical (unpaired) electrons. The van der Waals surface area contributed by atoms with Gasteiger partial charge in [-0.2, -0.15) is 0 Å². The molecular formula is C15H24N2O3. The van der Waals surface area contributed by atoms with Crippen LogP contribution in [0.2, 0.25) is 0 Å². The molecule has 1 aromatic rings. The van der Waals surface area contributed by atoms with Crippen LogP contribution in [0, 0.1) is 0 Å². The number of benzene rings is 1. The number of hydrogen-bond donors (Lipinski definition) is 3. The third kappa shape index (κ3) is 5.48. The van der Waals surface area contributed by atoms with Gasteiger partial charge in [-0.3, -0.25) is 4.79 Å². The van der Waals surface area contributed by atoms with E-state index >= 15 is 0 Å². The van der Waals surface area contributed by atoms with Crippen LogP contribution in [0.15, 0.2) is 18.2 Å². The van der Waals surface area contributed by atoms with Crippen molar-refractivity contribution in [3.8, 4) is 11.5 Å². The summed E-state index contributed by atoms with van der Waals surface area (Å²) in [7, 11) is 1.56. The van der Waals surface area contributed by atoms with E-state index in [1.165, 1.54) is 0 Å². The van der Waals surface area contributed by atoms with Crippen molar-refractivity contribution in [3.63, 3.8) is 0 Å². The molecule has 0 aliphatic carbocycles. The molecule has 112 valence electrons. The van der Waals surface area contributed by atoms with Gasteiger partial charge in [0, 0.05) is 37.2 Å². The van der Waals surface area contributed by atoms with Crippen molar-refractivity contribution in [2.45, 2.75) is 39.3 Å². The van der Waals surface area contributed by atoms with Crippen molar-refractivity contribution in [2.75, 3.05) is 13.7 Å². The van der Waals surface area contributed by atoms with E-state index in [4.69, 9.17) is 4.74 Å². The first-order valence-corrected chi connectivity index (χ1v) is 6.92. The molecule has 0 saturated heterocycles. The third-order valence-corrected chi connectivity index (χ3v) is 3.16. The average Bonchev–Trinajstić information content (AvgIpc) is 2.44. The smallest absolute Gasteiger partial charge is 0.221 e. The number of carbonyl (C=O) groups is 1. The molecule has 0 aliphatic heterocycles. The number of carbonyl (C=O) groups excluding carboxylic acids is 1. The van der Waals surface area contributed by atoms with E-state index in [1.807, 2.05) is 13.8 Å². The highest BCUT2D eigenvalue weighted by molar-refractivity contribution is 5.76. The zero-order valence-corrected chi connectivity index (χ0v) is 12.4. The molecule has 0 spiro atoms. The van der Waals surface area contributed by atoms with Crippen molar-refractivity contribution < 1.29 is 14.6 Å². The summed E-state index contributed by atoms with van der Waals surface area (Å²) < 4.78 is 5.02. The number of aromatic hydroxyl groups is 1. The SMILES string of the molecule is CCC(C)NC(=O)CCNCc1ccc(OC)cc1O. The summed E-state index contributed by atoms with van der Waals surface area (Å²) >= 11 is 0. The van der Waals surface area contributed by atoms with Gasteiger partial charge in [0.1, 0.15) is 11.5 Å². The van der Waals surface area contributed by atoms with E-state index in [0.29, 0.717) is 25.3 Å². The maximum absolute atomic E-state index is 11.6. The molecule has 0 saturated carbocycles. The summed E-state index contributed by atoms with van der Waals surface area (Å²) in [6.45, 7) is 5.12. The second-order valence-corrected chi connectivity index (χ2v) is 4.80. The fourth-order valence-corrected chi connectivity index (χ4v) is 1.69. The van der Waals surface area contributed by atoms with Crippen molar-refractivity contribution in [1.29, 1.82) is 0 Å². The van der Waals surface area contributed by atoms with Crippen LogP contribution in [0.4, 0.5) is 0 Å². The minimum Gasteiger partial charge on any atom is -0.507 e. The summed E-state index contributed by atoms with van der Waals surface area (Å²) in [5.74, 6) is 0.867. The minimum absolute atomic E-state index is 0.0470. The number of rotatable bonds is 8. The molecule has 1 atom stereocenters. The van der Waals surface area contributed by atoms with Gasteiger partial charge < -0.3 is 20.5 Å². The molecule has 0 aliphatic rings. The standard InChI is InChI=1S/C15H24N2O3/c1-4-11(2)17-15(19)7-8-16-10-12-5-6-13(20-3)9-14(12)18/h5-6,9,11,16,18H,4,7-8,10H2,1-3H3,(H,17,19). The fourth-order valence-electron chi connectivity index (χ4n) is 1.69. The number of methoxy groups -OCH3 is 1. The summed E-state index contributed by atoms with van der Waals surface area (Å²) in [6, 6.07) is 5.40. The molecular weight excluding hydrogens is 256 g/mol. The third-order valence-electron chi connectivity index (χ3n) is 3.16. The first-order chi connectivity index (χ1) is 9.56. The Morgan fingerprint density at radius 3 is 2.80 bits per heavy atom. The Hall–Kier alpha value is -1.75. The zero-order valence-electron chi connectivity index (χ0n) is 12.4. The van der Waals surface area contributed by atoms with Crippen LogP contribution in [-0.4, -0.2) is 30.7 Å². The van der Waals surface area contributed by atoms with Crippen LogP contribution in [0.1, 0.15) is 32.3 Å². The highest BCUT2D eigenvalue weighted by atomic mass is 16.5. The van der Waals surface area contributed by atoms with Crippen LogP contribution < -0.4 is 15.4 Å². The molecule has 1 rings (SSSR count). The van der Waals surface area contributed by atoms with Gasteiger partial charge in [-0.05, 0) is 19.4 Å². The minimum atomic E-state index is 0.0470. The predicted molar refractivity (Wildman–Crippen MR) is 78.9 cm³/mol. The normalized spacial score (nSPS) is 11.9. The zero-order chi connectivity index (χ0) is 15.0. The van der Waals surface area contributed by atoms with Crippen LogP contribution in [0.5, 0.6) is 11.5 Å². The number of nitrogens with one attached hydrogen (secondary N) is 2. The molecule has 1 amide bonds. The van der Waals surface area contributed by atoms with E-state index in [2.05, 4.69) is 10.6 Å². The fraction of sp³-hybridized carbons (Fsp3) is 0.533. The number of phenols is 1. The summed E-state index contributed by atoms with van der Waals surface area (Å²) in [6.07, 6.45) is 1.36. The van der Waals surface area contributed by atoms with Crippen molar-refractivity contribution in [2.24, 2.45) is 0 Å². The van der Waals surface area contributed by atoms with E-state index < -0.39 is 0 Å². The molecule has 5 nitrogen and oxygen atoms in total. The Kier molecular flexibility index (Phi) is 6.87. The van der Waals surface area contributed by atoms with Gasteiger partial charge in [0.2, 0.25) is 5.91 Å². The first-order valence-electron chi connectivity index (χ1n) is 6.92. The molecule has 20 heavy (non-hydrogen) atoms. The largest absolute Gasteiger partial charge is 0.507 e. The van der Waals surface area contributed by atoms with Crippen molar-refractivity contribution >= 4 is 5.91 Å². The van der Waals surface area contributed by atoms with E-state index in [1.54, 1.807) is 25.3 Å². The quantitative estimate of drug-likeness (QED) is 0.635. The average molecular weight is 280 g/mol. The van der Waals surface area contributed by atoms with E-state index in [0.717, 1.165) is 12.0 Å². The predicted octanol–water partition coefficient (Wildman–Crippen LogP) is 1.80. The van der Waals surface area contributed by atoms with Crippen molar-refractivity contribution in [3.05, 3.63) is 23.8 Å². The lowest BCUT2D eigenvalue weighted by Crippen LogP contribution is -2.33. The lowest BCUT2D eigenvalue weighted by Gasteiger charge is -2.12. The van der Waals surface area contributed by atoms with E-state index in [-0.39, 0.29) is 17.7 Å². The highest BCUT2D eigenvalue weighted by Gasteiger charge is 2.06. The molecule has 0 bridgehead atoms. The molecule has 1 aromatic carbocycles. The molecule has 1 unspecified atom stereocenters. The number of phenolic OH excluding ortho intramolecular Hbond substituents is 1. The second kappa shape index (κ2) is 8.43. The topological polar surface area (TPSA) is 70.6 Å². The summed E-state index contributed by atoms with van der Waals surface area (Å²) in [5, 5.41) is 15.8. The van der Waals surface area contributed by atoms with Gasteiger partial charge in [0.05, 0.1) is 7.11 Å². The van der Waals surface area contributed by atoms with Crippen LogP contribution in [0.25, 0.3) is 0 Å². The maximum atomic E-state index is 11.6. The molecule has 3 N–H and O–H groups in total. The van der Waals surface area contributed by atoms with Gasteiger partial charge in [-0.15, -0.1) is 0 Å².